The first kappa shape index (κ1) is 21.1. The molecule has 2 aliphatic rings. The number of piperazine rings is 1. The predicted octanol–water partition coefficient (Wildman–Crippen LogP) is 1.24. The Hall–Kier alpha value is -2.23. The highest BCUT2D eigenvalue weighted by Gasteiger charge is 2.40. The van der Waals surface area contributed by atoms with Gasteiger partial charge in [0, 0.05) is 49.8 Å². The molecule has 0 radical (unpaired) electrons. The van der Waals surface area contributed by atoms with Crippen LogP contribution in [0.5, 0.6) is 0 Å². The fraction of sp³-hybridized carbons (Fsp3) is 0.500. The normalized spacial score (nSPS) is 21.7. The fourth-order valence-electron chi connectivity index (χ4n) is 3.38. The van der Waals surface area contributed by atoms with Crippen molar-refractivity contribution in [2.75, 3.05) is 33.4 Å². The molecule has 0 aliphatic carbocycles. The SMILES string of the molecule is COCCN1C2CCC1CN(C(=O)/C=C/c1cccs1)C2.O=C(O)C(=O)O. The third-order valence-corrected chi connectivity index (χ3v) is 5.45. The zero-order valence-corrected chi connectivity index (χ0v) is 15.9. The number of carboxylic acid groups (broad SMARTS) is 2. The van der Waals surface area contributed by atoms with Crippen molar-refractivity contribution in [2.45, 2.75) is 24.9 Å². The molecule has 2 unspecified atom stereocenters. The van der Waals surface area contributed by atoms with Crippen LogP contribution in [-0.4, -0.2) is 83.3 Å². The summed E-state index contributed by atoms with van der Waals surface area (Å²) in [5, 5.41) is 16.8. The van der Waals surface area contributed by atoms with Gasteiger partial charge in [-0.05, 0) is 30.4 Å². The number of fused-ring (bicyclic) bond motifs is 2. The number of carboxylic acids is 2. The van der Waals surface area contributed by atoms with E-state index < -0.39 is 11.9 Å². The van der Waals surface area contributed by atoms with Crippen molar-refractivity contribution in [1.29, 1.82) is 0 Å². The molecule has 2 atom stereocenters. The highest BCUT2D eigenvalue weighted by atomic mass is 32.1. The van der Waals surface area contributed by atoms with Crippen molar-refractivity contribution in [1.82, 2.24) is 9.80 Å². The number of hydrogen-bond donors (Lipinski definition) is 2. The third kappa shape index (κ3) is 6.16. The van der Waals surface area contributed by atoms with E-state index in [2.05, 4.69) is 4.90 Å². The van der Waals surface area contributed by atoms with Crippen molar-refractivity contribution >= 4 is 35.3 Å². The smallest absolute Gasteiger partial charge is 0.414 e. The van der Waals surface area contributed by atoms with Gasteiger partial charge in [0.05, 0.1) is 6.61 Å². The zero-order valence-electron chi connectivity index (χ0n) is 15.1. The lowest BCUT2D eigenvalue weighted by Gasteiger charge is -2.40. The first-order chi connectivity index (χ1) is 12.9. The second kappa shape index (κ2) is 10.2. The van der Waals surface area contributed by atoms with Gasteiger partial charge in [0.15, 0.2) is 0 Å². The van der Waals surface area contributed by atoms with Crippen LogP contribution >= 0.6 is 11.3 Å². The van der Waals surface area contributed by atoms with Crippen LogP contribution in [0.25, 0.3) is 6.08 Å². The molecule has 3 heterocycles. The van der Waals surface area contributed by atoms with Gasteiger partial charge in [-0.3, -0.25) is 9.69 Å². The van der Waals surface area contributed by atoms with Gasteiger partial charge >= 0.3 is 11.9 Å². The van der Waals surface area contributed by atoms with Gasteiger partial charge in [0.25, 0.3) is 0 Å². The van der Waals surface area contributed by atoms with E-state index in [1.54, 1.807) is 24.5 Å². The van der Waals surface area contributed by atoms with E-state index in [0.717, 1.165) is 31.1 Å². The Morgan fingerprint density at radius 3 is 2.33 bits per heavy atom. The lowest BCUT2D eigenvalue weighted by molar-refractivity contribution is -0.159. The number of aliphatic carboxylic acids is 2. The summed E-state index contributed by atoms with van der Waals surface area (Å²) in [5.74, 6) is -3.50. The van der Waals surface area contributed by atoms with Gasteiger partial charge in [-0.25, -0.2) is 9.59 Å². The number of amides is 1. The first-order valence-electron chi connectivity index (χ1n) is 8.63. The summed E-state index contributed by atoms with van der Waals surface area (Å²) in [5.41, 5.74) is 0. The van der Waals surface area contributed by atoms with Crippen LogP contribution < -0.4 is 0 Å². The summed E-state index contributed by atoms with van der Waals surface area (Å²) in [4.78, 5) is 36.2. The monoisotopic (exact) mass is 396 g/mol. The van der Waals surface area contributed by atoms with Gasteiger partial charge < -0.3 is 19.8 Å². The summed E-state index contributed by atoms with van der Waals surface area (Å²) < 4.78 is 5.19. The highest BCUT2D eigenvalue weighted by molar-refractivity contribution is 7.10. The molecule has 3 rings (SSSR count). The van der Waals surface area contributed by atoms with Gasteiger partial charge in [0.2, 0.25) is 5.91 Å². The number of carbonyl (C=O) groups excluding carboxylic acids is 1. The minimum atomic E-state index is -1.82. The second-order valence-corrected chi connectivity index (χ2v) is 7.30. The maximum atomic E-state index is 12.3. The van der Waals surface area contributed by atoms with E-state index in [4.69, 9.17) is 24.5 Å². The van der Waals surface area contributed by atoms with Crippen LogP contribution in [0, 0.1) is 0 Å². The van der Waals surface area contributed by atoms with Crippen molar-refractivity contribution in [2.24, 2.45) is 0 Å². The van der Waals surface area contributed by atoms with Crippen LogP contribution in [0.4, 0.5) is 0 Å². The number of carbonyl (C=O) groups is 3. The van der Waals surface area contributed by atoms with Gasteiger partial charge in [-0.2, -0.15) is 0 Å². The van der Waals surface area contributed by atoms with E-state index in [1.165, 1.54) is 12.8 Å². The molecule has 0 aromatic carbocycles. The van der Waals surface area contributed by atoms with Gasteiger partial charge in [-0.15, -0.1) is 11.3 Å². The van der Waals surface area contributed by atoms with Crippen molar-refractivity contribution in [3.8, 4) is 0 Å². The number of likely N-dealkylation sites (tertiary alicyclic amines) is 1. The molecule has 148 valence electrons. The highest BCUT2D eigenvalue weighted by Crippen LogP contribution is 2.29. The average Bonchev–Trinajstić information content (AvgIpc) is 3.23. The predicted molar refractivity (Wildman–Crippen MR) is 101 cm³/mol. The van der Waals surface area contributed by atoms with Crippen molar-refractivity contribution < 1.29 is 29.3 Å². The lowest BCUT2D eigenvalue weighted by Crippen LogP contribution is -2.55. The minimum Gasteiger partial charge on any atom is -0.473 e. The first-order valence-corrected chi connectivity index (χ1v) is 9.51. The van der Waals surface area contributed by atoms with E-state index in [0.29, 0.717) is 12.1 Å². The molecule has 1 amide bonds. The van der Waals surface area contributed by atoms with Crippen LogP contribution in [-0.2, 0) is 19.1 Å². The molecule has 9 heteroatoms. The Balaban J connectivity index is 0.000000380. The quantitative estimate of drug-likeness (QED) is 0.569. The maximum absolute atomic E-state index is 12.3. The largest absolute Gasteiger partial charge is 0.473 e. The van der Waals surface area contributed by atoms with E-state index >= 15 is 0 Å². The Morgan fingerprint density at radius 2 is 1.85 bits per heavy atom. The zero-order chi connectivity index (χ0) is 19.8. The van der Waals surface area contributed by atoms with Crippen molar-refractivity contribution in [3.05, 3.63) is 28.5 Å². The van der Waals surface area contributed by atoms with Gasteiger partial charge in [-0.1, -0.05) is 6.07 Å². The second-order valence-electron chi connectivity index (χ2n) is 6.32. The number of hydrogen-bond acceptors (Lipinski definition) is 6. The number of methoxy groups -OCH3 is 1. The summed E-state index contributed by atoms with van der Waals surface area (Å²) >= 11 is 1.65. The number of nitrogens with zero attached hydrogens (tertiary/aromatic N) is 2. The van der Waals surface area contributed by atoms with Gasteiger partial charge in [0.1, 0.15) is 0 Å². The molecule has 2 aliphatic heterocycles. The lowest BCUT2D eigenvalue weighted by atomic mass is 10.2. The average molecular weight is 396 g/mol. The van der Waals surface area contributed by atoms with E-state index in [-0.39, 0.29) is 5.91 Å². The molecule has 2 saturated heterocycles. The fourth-order valence-corrected chi connectivity index (χ4v) is 3.99. The number of rotatable bonds is 5. The standard InChI is InChI=1S/C16H22N2O2S.C2H2O4/c1-20-9-8-18-13-4-5-14(18)12-17(11-13)16(19)7-6-15-3-2-10-21-15;3-1(4)2(5)6/h2-3,6-7,10,13-14H,4-5,8-9,11-12H2,1H3;(H,3,4)(H,5,6)/b7-6+;. The number of thiophene rings is 1. The minimum absolute atomic E-state index is 0.145. The van der Waals surface area contributed by atoms with Crippen LogP contribution in [0.2, 0.25) is 0 Å². The molecule has 1 aromatic heterocycles. The van der Waals surface area contributed by atoms with Crippen LogP contribution in [0.1, 0.15) is 17.7 Å². The number of ether oxygens (including phenoxy) is 1. The molecular weight excluding hydrogens is 372 g/mol. The Morgan fingerprint density at radius 1 is 1.22 bits per heavy atom. The summed E-state index contributed by atoms with van der Waals surface area (Å²) in [6, 6.07) is 5.06. The van der Waals surface area contributed by atoms with E-state index in [1.807, 2.05) is 28.5 Å². The molecule has 0 spiro atoms. The summed E-state index contributed by atoms with van der Waals surface area (Å²) in [7, 11) is 1.75. The molecule has 2 N–H and O–H groups in total. The summed E-state index contributed by atoms with van der Waals surface area (Å²) in [6.45, 7) is 3.47. The molecular formula is C18H24N2O6S. The molecule has 0 saturated carbocycles. The Kier molecular flexibility index (Phi) is 7.96. The third-order valence-electron chi connectivity index (χ3n) is 4.62. The van der Waals surface area contributed by atoms with E-state index in [9.17, 15) is 4.79 Å². The molecule has 8 nitrogen and oxygen atoms in total. The molecule has 27 heavy (non-hydrogen) atoms. The molecule has 1 aromatic rings. The molecule has 2 bridgehead atoms. The Labute approximate surface area is 161 Å². The van der Waals surface area contributed by atoms with Crippen LogP contribution in [0.3, 0.4) is 0 Å². The maximum Gasteiger partial charge on any atom is 0.414 e. The summed E-state index contributed by atoms with van der Waals surface area (Å²) in [6.07, 6.45) is 6.04. The molecule has 2 fully saturated rings. The van der Waals surface area contributed by atoms with Crippen molar-refractivity contribution in [3.63, 3.8) is 0 Å². The topological polar surface area (TPSA) is 107 Å². The Bertz CT molecular complexity index is 649. The van der Waals surface area contributed by atoms with Crippen LogP contribution in [0.15, 0.2) is 23.6 Å².